The quantitative estimate of drug-likeness (QED) is 0.618. The summed E-state index contributed by atoms with van der Waals surface area (Å²) in [6.45, 7) is 5.90. The Morgan fingerprint density at radius 2 is 2.04 bits per heavy atom. The molecule has 144 valence electrons. The van der Waals surface area contributed by atoms with Gasteiger partial charge in [-0.1, -0.05) is 12.1 Å². The first-order chi connectivity index (χ1) is 13.0. The number of ether oxygens (including phenoxy) is 1. The van der Waals surface area contributed by atoms with Gasteiger partial charge in [0.25, 0.3) is 0 Å². The molecule has 27 heavy (non-hydrogen) atoms. The van der Waals surface area contributed by atoms with Crippen molar-refractivity contribution in [3.63, 3.8) is 0 Å². The lowest BCUT2D eigenvalue weighted by Crippen LogP contribution is -2.49. The smallest absolute Gasteiger partial charge is 0.340 e. The first-order valence-corrected chi connectivity index (χ1v) is 9.90. The fourth-order valence-electron chi connectivity index (χ4n) is 3.05. The molecule has 0 radical (unpaired) electrons. The third-order valence-electron chi connectivity index (χ3n) is 4.44. The fourth-order valence-corrected chi connectivity index (χ4v) is 4.30. The molecule has 3 rings (SSSR count). The van der Waals surface area contributed by atoms with Crippen molar-refractivity contribution in [1.82, 2.24) is 9.80 Å². The van der Waals surface area contributed by atoms with E-state index in [1.165, 1.54) is 24.5 Å². The van der Waals surface area contributed by atoms with Crippen molar-refractivity contribution in [3.05, 3.63) is 52.2 Å². The Labute approximate surface area is 167 Å². The van der Waals surface area contributed by atoms with Crippen molar-refractivity contribution >= 4 is 39.6 Å². The number of anilines is 1. The SMILES string of the molecule is COC(=O)c1cc(C)sc1NC(=S)N1CCN(Cc2cccc(F)c2)CC1. The van der Waals surface area contributed by atoms with Gasteiger partial charge in [0.2, 0.25) is 0 Å². The summed E-state index contributed by atoms with van der Waals surface area (Å²) in [5.74, 6) is -0.575. The van der Waals surface area contributed by atoms with E-state index in [1.807, 2.05) is 13.0 Å². The highest BCUT2D eigenvalue weighted by Gasteiger charge is 2.22. The lowest BCUT2D eigenvalue weighted by Gasteiger charge is -2.36. The number of rotatable bonds is 4. The molecule has 0 atom stereocenters. The molecule has 1 fully saturated rings. The van der Waals surface area contributed by atoms with E-state index in [0.29, 0.717) is 15.7 Å². The van der Waals surface area contributed by atoms with Crippen molar-refractivity contribution in [1.29, 1.82) is 0 Å². The highest BCUT2D eigenvalue weighted by Crippen LogP contribution is 2.28. The molecule has 2 aromatic rings. The summed E-state index contributed by atoms with van der Waals surface area (Å²) in [5, 5.41) is 4.51. The number of carbonyl (C=O) groups excluding carboxylic acids is 1. The van der Waals surface area contributed by atoms with Gasteiger partial charge in [0.05, 0.1) is 12.7 Å². The lowest BCUT2D eigenvalue weighted by atomic mass is 10.2. The highest BCUT2D eigenvalue weighted by molar-refractivity contribution is 7.80. The Morgan fingerprint density at radius 3 is 2.70 bits per heavy atom. The third-order valence-corrected chi connectivity index (χ3v) is 5.76. The molecule has 0 saturated carbocycles. The average molecular weight is 408 g/mol. The number of esters is 1. The van der Waals surface area contributed by atoms with E-state index in [-0.39, 0.29) is 11.8 Å². The molecule has 1 aliphatic rings. The van der Waals surface area contributed by atoms with Crippen LogP contribution in [0.3, 0.4) is 0 Å². The number of thiophene rings is 1. The predicted molar refractivity (Wildman–Crippen MR) is 110 cm³/mol. The molecular formula is C19H22FN3O2S2. The second-order valence-electron chi connectivity index (χ2n) is 6.41. The van der Waals surface area contributed by atoms with Crippen LogP contribution in [0.2, 0.25) is 0 Å². The Morgan fingerprint density at radius 1 is 1.30 bits per heavy atom. The number of nitrogens with zero attached hydrogens (tertiary/aromatic N) is 2. The number of hydrogen-bond acceptors (Lipinski definition) is 5. The van der Waals surface area contributed by atoms with Crippen LogP contribution in [0.4, 0.5) is 9.39 Å². The molecule has 0 amide bonds. The largest absolute Gasteiger partial charge is 0.465 e. The summed E-state index contributed by atoms with van der Waals surface area (Å²) in [4.78, 5) is 17.3. The molecule has 8 heteroatoms. The molecule has 1 aliphatic heterocycles. The van der Waals surface area contributed by atoms with Crippen molar-refractivity contribution in [3.8, 4) is 0 Å². The molecule has 0 aliphatic carbocycles. The second kappa shape index (κ2) is 8.77. The molecule has 1 N–H and O–H groups in total. The van der Waals surface area contributed by atoms with Gasteiger partial charge >= 0.3 is 5.97 Å². The van der Waals surface area contributed by atoms with Crippen LogP contribution in [0.5, 0.6) is 0 Å². The Bertz CT molecular complexity index is 832. The maximum absolute atomic E-state index is 13.3. The minimum absolute atomic E-state index is 0.204. The van der Waals surface area contributed by atoms with Crippen LogP contribution in [-0.4, -0.2) is 54.2 Å². The van der Waals surface area contributed by atoms with Crippen molar-refractivity contribution in [2.45, 2.75) is 13.5 Å². The van der Waals surface area contributed by atoms with E-state index in [0.717, 1.165) is 43.2 Å². The Kier molecular flexibility index (Phi) is 6.41. The van der Waals surface area contributed by atoms with Crippen molar-refractivity contribution in [2.75, 3.05) is 38.6 Å². The summed E-state index contributed by atoms with van der Waals surface area (Å²) >= 11 is 7.02. The summed E-state index contributed by atoms with van der Waals surface area (Å²) in [7, 11) is 1.37. The van der Waals surface area contributed by atoms with Crippen molar-refractivity contribution in [2.24, 2.45) is 0 Å². The molecule has 0 spiro atoms. The second-order valence-corrected chi connectivity index (χ2v) is 8.06. The van der Waals surface area contributed by atoms with Crippen LogP contribution in [0, 0.1) is 12.7 Å². The number of halogens is 1. The van der Waals surface area contributed by atoms with Crippen LogP contribution in [0.25, 0.3) is 0 Å². The number of benzene rings is 1. The van der Waals surface area contributed by atoms with Gasteiger partial charge in [-0.3, -0.25) is 4.90 Å². The lowest BCUT2D eigenvalue weighted by molar-refractivity contribution is 0.0602. The van der Waals surface area contributed by atoms with E-state index in [9.17, 15) is 9.18 Å². The van der Waals surface area contributed by atoms with E-state index in [4.69, 9.17) is 17.0 Å². The van der Waals surface area contributed by atoms with Crippen LogP contribution in [0.1, 0.15) is 20.8 Å². The Balaban J connectivity index is 1.55. The normalized spacial score (nSPS) is 14.9. The molecule has 1 saturated heterocycles. The molecule has 0 bridgehead atoms. The van der Waals surface area contributed by atoms with Crippen LogP contribution < -0.4 is 5.32 Å². The van der Waals surface area contributed by atoms with Gasteiger partial charge in [-0.05, 0) is 42.9 Å². The molecule has 1 aromatic heterocycles. The van der Waals surface area contributed by atoms with E-state index < -0.39 is 0 Å². The van der Waals surface area contributed by atoms with Gasteiger partial charge in [0.15, 0.2) is 5.11 Å². The summed E-state index contributed by atoms with van der Waals surface area (Å²) < 4.78 is 18.2. The van der Waals surface area contributed by atoms with Crippen molar-refractivity contribution < 1.29 is 13.9 Å². The Hall–Kier alpha value is -2.03. The maximum atomic E-state index is 13.3. The highest BCUT2D eigenvalue weighted by atomic mass is 32.1. The van der Waals surface area contributed by atoms with Gasteiger partial charge in [-0.15, -0.1) is 11.3 Å². The van der Waals surface area contributed by atoms with Gasteiger partial charge in [0.1, 0.15) is 10.8 Å². The molecule has 2 heterocycles. The van der Waals surface area contributed by atoms with Gasteiger partial charge in [0, 0.05) is 37.6 Å². The number of carbonyl (C=O) groups is 1. The van der Waals surface area contributed by atoms with Crippen LogP contribution in [0.15, 0.2) is 30.3 Å². The zero-order chi connectivity index (χ0) is 19.4. The van der Waals surface area contributed by atoms with Gasteiger partial charge in [-0.2, -0.15) is 0 Å². The zero-order valence-corrected chi connectivity index (χ0v) is 17.0. The van der Waals surface area contributed by atoms with E-state index in [1.54, 1.807) is 18.2 Å². The zero-order valence-electron chi connectivity index (χ0n) is 15.3. The number of methoxy groups -OCH3 is 1. The van der Waals surface area contributed by atoms with E-state index in [2.05, 4.69) is 15.1 Å². The number of thiocarbonyl (C=S) groups is 1. The summed E-state index contributed by atoms with van der Waals surface area (Å²) in [6.07, 6.45) is 0. The van der Waals surface area contributed by atoms with Crippen LogP contribution >= 0.6 is 23.6 Å². The van der Waals surface area contributed by atoms with E-state index >= 15 is 0 Å². The molecule has 5 nitrogen and oxygen atoms in total. The third kappa shape index (κ3) is 5.03. The first-order valence-electron chi connectivity index (χ1n) is 8.67. The predicted octanol–water partition coefficient (Wildman–Crippen LogP) is 3.50. The van der Waals surface area contributed by atoms with Crippen LogP contribution in [-0.2, 0) is 11.3 Å². The molecule has 0 unspecified atom stereocenters. The number of piperazine rings is 1. The average Bonchev–Trinajstić information content (AvgIpc) is 3.02. The van der Waals surface area contributed by atoms with Gasteiger partial charge < -0.3 is 15.0 Å². The summed E-state index contributed by atoms with van der Waals surface area (Å²) in [6, 6.07) is 8.52. The van der Waals surface area contributed by atoms with Gasteiger partial charge in [-0.25, -0.2) is 9.18 Å². The number of hydrogen-bond donors (Lipinski definition) is 1. The molecular weight excluding hydrogens is 385 g/mol. The number of aryl methyl sites for hydroxylation is 1. The monoisotopic (exact) mass is 407 g/mol. The standard InChI is InChI=1S/C19H22FN3O2S2/c1-13-10-16(18(24)25-2)17(27-13)21-19(26)23-8-6-22(7-9-23)12-14-4-3-5-15(20)11-14/h3-5,10-11H,6-9,12H2,1-2H3,(H,21,26). The summed E-state index contributed by atoms with van der Waals surface area (Å²) in [5.41, 5.74) is 1.48. The first kappa shape index (κ1) is 19.7. The number of nitrogens with one attached hydrogen (secondary N) is 1. The maximum Gasteiger partial charge on any atom is 0.340 e. The minimum Gasteiger partial charge on any atom is -0.465 e. The fraction of sp³-hybridized carbons (Fsp3) is 0.368. The minimum atomic E-state index is -0.371. The molecule has 1 aromatic carbocycles. The topological polar surface area (TPSA) is 44.8 Å².